The lowest BCUT2D eigenvalue weighted by atomic mass is 9.49. The largest absolute Gasteiger partial charge is 0.369 e. The summed E-state index contributed by atoms with van der Waals surface area (Å²) in [5.74, 6) is 2.86. The van der Waals surface area contributed by atoms with Gasteiger partial charge in [-0.25, -0.2) is 0 Å². The Labute approximate surface area is 167 Å². The van der Waals surface area contributed by atoms with Crippen LogP contribution in [0.15, 0.2) is 18.2 Å². The van der Waals surface area contributed by atoms with Gasteiger partial charge in [-0.05, 0) is 93.1 Å². The molecule has 0 spiro atoms. The van der Waals surface area contributed by atoms with E-state index in [9.17, 15) is 4.79 Å². The highest BCUT2D eigenvalue weighted by Gasteiger charge is 2.51. The molecule has 4 aliphatic carbocycles. The molecule has 146 valence electrons. The van der Waals surface area contributed by atoms with Crippen LogP contribution >= 0.6 is 11.6 Å². The second-order valence-corrected chi connectivity index (χ2v) is 10.2. The van der Waals surface area contributed by atoms with Crippen molar-refractivity contribution in [1.29, 1.82) is 0 Å². The maximum atomic E-state index is 13.1. The topological polar surface area (TPSA) is 32.3 Å². The summed E-state index contributed by atoms with van der Waals surface area (Å²) in [5.41, 5.74) is 2.21. The molecule has 4 bridgehead atoms. The third-order valence-corrected chi connectivity index (χ3v) is 7.94. The number of nitrogens with one attached hydrogen (secondary N) is 1. The first-order valence-electron chi connectivity index (χ1n) is 10.9. The summed E-state index contributed by atoms with van der Waals surface area (Å²) in [6.07, 6.45) is 12.5. The standard InChI is InChI=1S/C23H31ClN2O/c24-19-5-4-6-20(22(19)26-7-2-1-3-8-26)25-21(27)15-23-12-16-9-17(13-23)11-18(10-16)14-23/h4-6,16-18H,1-3,7-15H2,(H,25,27). The molecule has 5 aliphatic rings. The summed E-state index contributed by atoms with van der Waals surface area (Å²) >= 11 is 6.55. The normalized spacial score (nSPS) is 34.7. The van der Waals surface area contributed by atoms with Crippen molar-refractivity contribution in [2.24, 2.45) is 23.2 Å². The summed E-state index contributed by atoms with van der Waals surface area (Å²) in [4.78, 5) is 15.4. The molecule has 4 heteroatoms. The average molecular weight is 387 g/mol. The molecule has 5 fully saturated rings. The van der Waals surface area contributed by atoms with E-state index in [2.05, 4.69) is 10.2 Å². The molecule has 1 N–H and O–H groups in total. The zero-order chi connectivity index (χ0) is 18.4. The minimum absolute atomic E-state index is 0.192. The van der Waals surface area contributed by atoms with Gasteiger partial charge in [0.1, 0.15) is 0 Å². The highest BCUT2D eigenvalue weighted by molar-refractivity contribution is 6.34. The molecule has 1 aromatic carbocycles. The molecular formula is C23H31ClN2O. The quantitative estimate of drug-likeness (QED) is 0.701. The van der Waals surface area contributed by atoms with Crippen molar-refractivity contribution < 1.29 is 4.79 Å². The van der Waals surface area contributed by atoms with Gasteiger partial charge in [0, 0.05) is 19.5 Å². The molecule has 1 aromatic rings. The van der Waals surface area contributed by atoms with Gasteiger partial charge in [0.25, 0.3) is 0 Å². The Morgan fingerprint density at radius 3 is 2.30 bits per heavy atom. The molecule has 0 radical (unpaired) electrons. The predicted molar refractivity (Wildman–Crippen MR) is 111 cm³/mol. The van der Waals surface area contributed by atoms with Crippen molar-refractivity contribution >= 4 is 28.9 Å². The number of hydrogen-bond acceptors (Lipinski definition) is 2. The Morgan fingerprint density at radius 2 is 1.67 bits per heavy atom. The molecule has 3 nitrogen and oxygen atoms in total. The van der Waals surface area contributed by atoms with Crippen molar-refractivity contribution in [2.75, 3.05) is 23.3 Å². The number of para-hydroxylation sites is 1. The Bertz CT molecular complexity index is 690. The Morgan fingerprint density at radius 1 is 1.04 bits per heavy atom. The monoisotopic (exact) mass is 386 g/mol. The van der Waals surface area contributed by atoms with Crippen LogP contribution in [0.4, 0.5) is 11.4 Å². The first kappa shape index (κ1) is 17.8. The lowest BCUT2D eigenvalue weighted by Crippen LogP contribution is -2.47. The smallest absolute Gasteiger partial charge is 0.224 e. The number of anilines is 2. The van der Waals surface area contributed by atoms with Crippen LogP contribution in [-0.2, 0) is 4.79 Å². The number of halogens is 1. The van der Waals surface area contributed by atoms with Crippen LogP contribution in [0, 0.1) is 23.2 Å². The average Bonchev–Trinajstić information content (AvgIpc) is 2.61. The first-order chi connectivity index (χ1) is 13.1. The van der Waals surface area contributed by atoms with Crippen molar-refractivity contribution in [3.8, 4) is 0 Å². The second kappa shape index (κ2) is 6.99. The maximum absolute atomic E-state index is 13.1. The molecule has 6 rings (SSSR count). The third kappa shape index (κ3) is 3.48. The second-order valence-electron chi connectivity index (χ2n) is 9.83. The van der Waals surface area contributed by atoms with E-state index in [-0.39, 0.29) is 11.3 Å². The molecular weight excluding hydrogens is 356 g/mol. The maximum Gasteiger partial charge on any atom is 0.224 e. The van der Waals surface area contributed by atoms with E-state index in [4.69, 9.17) is 11.6 Å². The Kier molecular flexibility index (Phi) is 4.62. The molecule has 4 saturated carbocycles. The van der Waals surface area contributed by atoms with Crippen LogP contribution in [0.2, 0.25) is 5.02 Å². The minimum Gasteiger partial charge on any atom is -0.369 e. The molecule has 0 atom stereocenters. The molecule has 0 unspecified atom stereocenters. The number of piperidine rings is 1. The molecule has 1 amide bonds. The SMILES string of the molecule is O=C(CC12CC3CC(CC(C3)C1)C2)Nc1cccc(Cl)c1N1CCCCC1. The third-order valence-electron chi connectivity index (χ3n) is 7.63. The number of nitrogens with zero attached hydrogens (tertiary/aromatic N) is 1. The van der Waals surface area contributed by atoms with Gasteiger partial charge in [0.2, 0.25) is 5.91 Å². The number of amides is 1. The lowest BCUT2D eigenvalue weighted by molar-refractivity contribution is -0.124. The van der Waals surface area contributed by atoms with Crippen LogP contribution < -0.4 is 10.2 Å². The number of rotatable bonds is 4. The van der Waals surface area contributed by atoms with Gasteiger partial charge in [-0.2, -0.15) is 0 Å². The number of carbonyl (C=O) groups excluding carboxylic acids is 1. The van der Waals surface area contributed by atoms with Crippen molar-refractivity contribution in [3.63, 3.8) is 0 Å². The van der Waals surface area contributed by atoms with Gasteiger partial charge in [0.15, 0.2) is 0 Å². The van der Waals surface area contributed by atoms with Gasteiger partial charge in [0.05, 0.1) is 16.4 Å². The minimum atomic E-state index is 0.192. The van der Waals surface area contributed by atoms with E-state index in [0.29, 0.717) is 6.42 Å². The molecule has 1 aliphatic heterocycles. The van der Waals surface area contributed by atoms with E-state index in [1.54, 1.807) is 0 Å². The van der Waals surface area contributed by atoms with E-state index in [1.807, 2.05) is 18.2 Å². The van der Waals surface area contributed by atoms with Gasteiger partial charge in [-0.1, -0.05) is 17.7 Å². The fourth-order valence-electron chi connectivity index (χ4n) is 7.10. The predicted octanol–water partition coefficient (Wildman–Crippen LogP) is 5.88. The summed E-state index contributed by atoms with van der Waals surface area (Å²) in [7, 11) is 0. The summed E-state index contributed by atoms with van der Waals surface area (Å²) in [6.45, 7) is 2.06. The zero-order valence-electron chi connectivity index (χ0n) is 16.2. The highest BCUT2D eigenvalue weighted by Crippen LogP contribution is 2.61. The van der Waals surface area contributed by atoms with Gasteiger partial charge < -0.3 is 10.2 Å². The van der Waals surface area contributed by atoms with E-state index in [0.717, 1.165) is 47.2 Å². The van der Waals surface area contributed by atoms with Crippen molar-refractivity contribution in [1.82, 2.24) is 0 Å². The molecule has 1 heterocycles. The van der Waals surface area contributed by atoms with E-state index in [1.165, 1.54) is 57.8 Å². The van der Waals surface area contributed by atoms with Crippen molar-refractivity contribution in [3.05, 3.63) is 23.2 Å². The summed E-state index contributed by atoms with van der Waals surface area (Å²) < 4.78 is 0. The van der Waals surface area contributed by atoms with Gasteiger partial charge in [-0.15, -0.1) is 0 Å². The molecule has 0 aromatic heterocycles. The summed E-state index contributed by atoms with van der Waals surface area (Å²) in [5, 5.41) is 4.01. The fourth-order valence-corrected chi connectivity index (χ4v) is 7.39. The van der Waals surface area contributed by atoms with E-state index < -0.39 is 0 Å². The first-order valence-corrected chi connectivity index (χ1v) is 11.3. The Hall–Kier alpha value is -1.22. The van der Waals surface area contributed by atoms with Gasteiger partial charge in [-0.3, -0.25) is 4.79 Å². The molecule has 27 heavy (non-hydrogen) atoms. The fraction of sp³-hybridized carbons (Fsp3) is 0.696. The lowest BCUT2D eigenvalue weighted by Gasteiger charge is -2.56. The van der Waals surface area contributed by atoms with Crippen LogP contribution in [0.25, 0.3) is 0 Å². The van der Waals surface area contributed by atoms with Gasteiger partial charge >= 0.3 is 0 Å². The molecule has 1 saturated heterocycles. The zero-order valence-corrected chi connectivity index (χ0v) is 16.9. The van der Waals surface area contributed by atoms with Crippen LogP contribution in [-0.4, -0.2) is 19.0 Å². The van der Waals surface area contributed by atoms with Crippen LogP contribution in [0.3, 0.4) is 0 Å². The summed E-state index contributed by atoms with van der Waals surface area (Å²) in [6, 6.07) is 5.92. The number of benzene rings is 1. The van der Waals surface area contributed by atoms with Crippen LogP contribution in [0.1, 0.15) is 64.2 Å². The number of hydrogen-bond donors (Lipinski definition) is 1. The van der Waals surface area contributed by atoms with Crippen molar-refractivity contribution in [2.45, 2.75) is 64.2 Å². The van der Waals surface area contributed by atoms with E-state index >= 15 is 0 Å². The van der Waals surface area contributed by atoms with Crippen LogP contribution in [0.5, 0.6) is 0 Å². The highest BCUT2D eigenvalue weighted by atomic mass is 35.5. The number of carbonyl (C=O) groups is 1. The Balaban J connectivity index is 1.32.